The van der Waals surface area contributed by atoms with Crippen LogP contribution in [0, 0.1) is 0 Å². The number of nitrogens with one attached hydrogen (secondary N) is 1. The van der Waals surface area contributed by atoms with Gasteiger partial charge < -0.3 is 14.9 Å². The highest BCUT2D eigenvalue weighted by Crippen LogP contribution is 2.20. The third kappa shape index (κ3) is 3.31. The summed E-state index contributed by atoms with van der Waals surface area (Å²) in [7, 11) is -4.34. The fourth-order valence-corrected chi connectivity index (χ4v) is 2.87. The normalized spacial score (nSPS) is 24.8. The molecule has 0 spiro atoms. The summed E-state index contributed by atoms with van der Waals surface area (Å²) in [5.41, 5.74) is 0. The second kappa shape index (κ2) is 5.50. The van der Waals surface area contributed by atoms with Gasteiger partial charge in [0.2, 0.25) is 0 Å². The first kappa shape index (κ1) is 14.7. The van der Waals surface area contributed by atoms with Gasteiger partial charge in [-0.25, -0.2) is 9.52 Å². The van der Waals surface area contributed by atoms with Gasteiger partial charge in [-0.2, -0.15) is 12.7 Å². The zero-order valence-electron chi connectivity index (χ0n) is 9.57. The van der Waals surface area contributed by atoms with Crippen molar-refractivity contribution in [2.45, 2.75) is 25.5 Å². The van der Waals surface area contributed by atoms with E-state index >= 15 is 0 Å². The van der Waals surface area contributed by atoms with Gasteiger partial charge in [-0.3, -0.25) is 4.79 Å². The lowest BCUT2D eigenvalue weighted by molar-refractivity contribution is -0.140. The summed E-state index contributed by atoms with van der Waals surface area (Å²) in [6.07, 6.45) is -2.49. The van der Waals surface area contributed by atoms with E-state index in [2.05, 4.69) is 4.74 Å². The van der Waals surface area contributed by atoms with Crippen LogP contribution in [0.25, 0.3) is 0 Å². The molecule has 1 heterocycles. The number of aliphatic hydroxyl groups excluding tert-OH is 1. The Morgan fingerprint density at radius 2 is 2.11 bits per heavy atom. The molecule has 2 unspecified atom stereocenters. The Labute approximate surface area is 104 Å². The van der Waals surface area contributed by atoms with Gasteiger partial charge in [0.15, 0.2) is 0 Å². The van der Waals surface area contributed by atoms with E-state index in [1.54, 1.807) is 4.72 Å². The monoisotopic (exact) mass is 282 g/mol. The number of carboxylic acid groups (broad SMARTS) is 1. The molecule has 18 heavy (non-hydrogen) atoms. The number of aliphatic hydroxyl groups is 1. The molecule has 0 aliphatic carbocycles. The number of rotatable bonds is 4. The largest absolute Gasteiger partial charge is 0.480 e. The first-order valence-electron chi connectivity index (χ1n) is 5.15. The first-order valence-corrected chi connectivity index (χ1v) is 6.59. The highest BCUT2D eigenvalue weighted by molar-refractivity contribution is 7.87. The fourth-order valence-electron chi connectivity index (χ4n) is 1.60. The second-order valence-corrected chi connectivity index (χ2v) is 5.26. The van der Waals surface area contributed by atoms with Crippen molar-refractivity contribution in [2.75, 3.05) is 13.2 Å². The molecule has 0 radical (unpaired) electrons. The summed E-state index contributed by atoms with van der Waals surface area (Å²) in [5.74, 6) is -1.39. The van der Waals surface area contributed by atoms with Crippen LogP contribution in [0.3, 0.4) is 0 Å². The van der Waals surface area contributed by atoms with Gasteiger partial charge in [0.05, 0.1) is 12.7 Å². The third-order valence-corrected chi connectivity index (χ3v) is 3.76. The number of carbonyl (C=O) groups is 2. The molecule has 104 valence electrons. The van der Waals surface area contributed by atoms with Crippen LogP contribution in [-0.2, 0) is 19.7 Å². The standard InChI is InChI=1S/C8H14N2O7S/c1-2-17-8(14)9-18(15,16)10-4-5(11)3-6(10)7(12)13/h5-6,11H,2-4H2,1H3,(H,9,14)(H,12,13). The van der Waals surface area contributed by atoms with Crippen LogP contribution in [0.1, 0.15) is 13.3 Å². The summed E-state index contributed by atoms with van der Waals surface area (Å²) < 4.78 is 29.9. The Morgan fingerprint density at radius 3 is 2.61 bits per heavy atom. The van der Waals surface area contributed by atoms with E-state index in [1.807, 2.05) is 0 Å². The minimum atomic E-state index is -4.34. The van der Waals surface area contributed by atoms with Crippen molar-refractivity contribution >= 4 is 22.3 Å². The summed E-state index contributed by atoms with van der Waals surface area (Å²) in [6, 6.07) is -1.40. The van der Waals surface area contributed by atoms with Gasteiger partial charge in [0, 0.05) is 13.0 Å². The average Bonchev–Trinajstić information content (AvgIpc) is 2.60. The van der Waals surface area contributed by atoms with Gasteiger partial charge >= 0.3 is 22.3 Å². The van der Waals surface area contributed by atoms with Crippen molar-refractivity contribution < 1.29 is 33.0 Å². The molecule has 10 heteroatoms. The van der Waals surface area contributed by atoms with Crippen LogP contribution >= 0.6 is 0 Å². The maximum atomic E-state index is 11.7. The quantitative estimate of drug-likeness (QED) is 0.571. The molecule has 0 saturated carbocycles. The van der Waals surface area contributed by atoms with Crippen molar-refractivity contribution in [1.29, 1.82) is 0 Å². The van der Waals surface area contributed by atoms with Gasteiger partial charge in [-0.05, 0) is 6.92 Å². The predicted molar refractivity (Wildman–Crippen MR) is 57.8 cm³/mol. The minimum absolute atomic E-state index is 0.0215. The molecule has 0 aromatic heterocycles. The number of ether oxygens (including phenoxy) is 1. The molecule has 1 rings (SSSR count). The number of hydrogen-bond donors (Lipinski definition) is 3. The van der Waals surface area contributed by atoms with Crippen molar-refractivity contribution in [3.63, 3.8) is 0 Å². The Balaban J connectivity index is 2.83. The number of nitrogens with zero attached hydrogens (tertiary/aromatic N) is 1. The number of β-amino-alcohol motifs (C(OH)–C–C–N with tert-alkyl or cyclic N) is 1. The lowest BCUT2D eigenvalue weighted by atomic mass is 10.2. The molecule has 1 saturated heterocycles. The summed E-state index contributed by atoms with van der Waals surface area (Å²) in [4.78, 5) is 21.9. The van der Waals surface area contributed by atoms with Gasteiger partial charge in [-0.1, -0.05) is 0 Å². The molecular weight excluding hydrogens is 268 g/mol. The maximum absolute atomic E-state index is 11.7. The van der Waals surface area contributed by atoms with Crippen molar-refractivity contribution in [1.82, 2.24) is 9.03 Å². The highest BCUT2D eigenvalue weighted by Gasteiger charge is 2.43. The maximum Gasteiger partial charge on any atom is 0.421 e. The summed E-state index contributed by atoms with van der Waals surface area (Å²) >= 11 is 0. The zero-order chi connectivity index (χ0) is 13.9. The molecule has 1 fully saturated rings. The lowest BCUT2D eigenvalue weighted by Gasteiger charge is -2.20. The number of carbonyl (C=O) groups excluding carboxylic acids is 1. The van der Waals surface area contributed by atoms with E-state index in [4.69, 9.17) is 5.11 Å². The van der Waals surface area contributed by atoms with Gasteiger partial charge in [0.25, 0.3) is 0 Å². The molecule has 1 aliphatic heterocycles. The molecule has 1 amide bonds. The molecule has 0 aromatic carbocycles. The molecule has 3 N–H and O–H groups in total. The fraction of sp³-hybridized carbons (Fsp3) is 0.750. The van der Waals surface area contributed by atoms with Crippen LogP contribution in [0.5, 0.6) is 0 Å². The van der Waals surface area contributed by atoms with E-state index in [0.717, 1.165) is 0 Å². The zero-order valence-corrected chi connectivity index (χ0v) is 10.4. The molecule has 0 bridgehead atoms. The topological polar surface area (TPSA) is 133 Å². The van der Waals surface area contributed by atoms with Crippen molar-refractivity contribution in [2.24, 2.45) is 0 Å². The lowest BCUT2D eigenvalue weighted by Crippen LogP contribution is -2.48. The number of carboxylic acids is 1. The van der Waals surface area contributed by atoms with E-state index in [1.165, 1.54) is 6.92 Å². The molecule has 2 atom stereocenters. The van der Waals surface area contributed by atoms with Gasteiger partial charge in [-0.15, -0.1) is 0 Å². The Morgan fingerprint density at radius 1 is 1.50 bits per heavy atom. The summed E-state index contributed by atoms with van der Waals surface area (Å²) in [5, 5.41) is 18.1. The number of aliphatic carboxylic acids is 1. The van der Waals surface area contributed by atoms with Crippen LogP contribution in [-0.4, -0.2) is 60.3 Å². The second-order valence-electron chi connectivity index (χ2n) is 3.64. The smallest absolute Gasteiger partial charge is 0.421 e. The molecular formula is C8H14N2O7S. The number of hydrogen-bond acceptors (Lipinski definition) is 6. The Hall–Kier alpha value is -1.39. The predicted octanol–water partition coefficient (Wildman–Crippen LogP) is -1.50. The van der Waals surface area contributed by atoms with E-state index in [-0.39, 0.29) is 19.6 Å². The van der Waals surface area contributed by atoms with Crippen molar-refractivity contribution in [3.05, 3.63) is 0 Å². The minimum Gasteiger partial charge on any atom is -0.480 e. The summed E-state index contributed by atoms with van der Waals surface area (Å²) in [6.45, 7) is 1.09. The van der Waals surface area contributed by atoms with E-state index in [9.17, 15) is 23.1 Å². The number of amides is 1. The molecule has 0 aromatic rings. The molecule has 1 aliphatic rings. The van der Waals surface area contributed by atoms with Gasteiger partial charge in [0.1, 0.15) is 6.04 Å². The highest BCUT2D eigenvalue weighted by atomic mass is 32.2. The average molecular weight is 282 g/mol. The Bertz CT molecular complexity index is 435. The van der Waals surface area contributed by atoms with Crippen LogP contribution < -0.4 is 4.72 Å². The molecule has 9 nitrogen and oxygen atoms in total. The first-order chi connectivity index (χ1) is 8.27. The Kier molecular flexibility index (Phi) is 4.48. The van der Waals surface area contributed by atoms with Crippen LogP contribution in [0.4, 0.5) is 4.79 Å². The van der Waals surface area contributed by atoms with Crippen LogP contribution in [0.15, 0.2) is 0 Å². The van der Waals surface area contributed by atoms with E-state index < -0.39 is 34.4 Å². The third-order valence-electron chi connectivity index (χ3n) is 2.32. The van der Waals surface area contributed by atoms with Crippen LogP contribution in [0.2, 0.25) is 0 Å². The SMILES string of the molecule is CCOC(=O)NS(=O)(=O)N1CC(O)CC1C(=O)O. The van der Waals surface area contributed by atoms with Crippen molar-refractivity contribution in [3.8, 4) is 0 Å². The van der Waals surface area contributed by atoms with E-state index in [0.29, 0.717) is 4.31 Å².